The van der Waals surface area contributed by atoms with E-state index in [1.807, 2.05) is 6.92 Å². The summed E-state index contributed by atoms with van der Waals surface area (Å²) in [5, 5.41) is 8.66. The number of hydrogen-bond donors (Lipinski definition) is 1. The van der Waals surface area contributed by atoms with Crippen molar-refractivity contribution in [1.82, 2.24) is 0 Å². The smallest absolute Gasteiger partial charge is 0.322 e. The summed E-state index contributed by atoms with van der Waals surface area (Å²) in [4.78, 5) is 21.9. The molecule has 5 heteroatoms. The summed E-state index contributed by atoms with van der Waals surface area (Å²) in [7, 11) is 0. The molecule has 0 spiro atoms. The number of rotatable bonds is 3. The van der Waals surface area contributed by atoms with E-state index in [-0.39, 0.29) is 12.4 Å². The second-order valence-corrected chi connectivity index (χ2v) is 4.38. The first-order valence-electron chi connectivity index (χ1n) is 4.14. The molecule has 1 N–H and O–H groups in total. The highest BCUT2D eigenvalue weighted by molar-refractivity contribution is 8.01. The number of aliphatic carboxylic acids is 1. The van der Waals surface area contributed by atoms with Crippen LogP contribution in [0.25, 0.3) is 0 Å². The standard InChI is InChI=1S/C8H12O4S/c1-2-8(5-6(9)10)7(11)12-3-4-13-8/h2-5H2,1H3,(H,9,10). The van der Waals surface area contributed by atoms with Crippen molar-refractivity contribution in [3.05, 3.63) is 0 Å². The van der Waals surface area contributed by atoms with Crippen LogP contribution in [0.4, 0.5) is 0 Å². The zero-order chi connectivity index (χ0) is 9.90. The van der Waals surface area contributed by atoms with Crippen molar-refractivity contribution in [2.24, 2.45) is 0 Å². The number of ether oxygens (including phenoxy) is 1. The van der Waals surface area contributed by atoms with Crippen LogP contribution in [0.3, 0.4) is 0 Å². The normalized spacial score (nSPS) is 28.2. The molecule has 1 rings (SSSR count). The van der Waals surface area contributed by atoms with Crippen molar-refractivity contribution in [2.75, 3.05) is 12.4 Å². The maximum absolute atomic E-state index is 11.4. The Kier molecular flexibility index (Phi) is 3.19. The van der Waals surface area contributed by atoms with Crippen LogP contribution in [-0.4, -0.2) is 34.2 Å². The summed E-state index contributed by atoms with van der Waals surface area (Å²) in [5.74, 6) is -0.644. The minimum absolute atomic E-state index is 0.146. The van der Waals surface area contributed by atoms with Crippen molar-refractivity contribution in [3.63, 3.8) is 0 Å². The van der Waals surface area contributed by atoms with E-state index in [2.05, 4.69) is 0 Å². The van der Waals surface area contributed by atoms with Gasteiger partial charge in [0.05, 0.1) is 6.42 Å². The predicted molar refractivity (Wildman–Crippen MR) is 48.7 cm³/mol. The van der Waals surface area contributed by atoms with Gasteiger partial charge in [-0.15, -0.1) is 11.8 Å². The molecule has 1 fully saturated rings. The first-order chi connectivity index (χ1) is 6.10. The molecule has 74 valence electrons. The molecule has 0 amide bonds. The summed E-state index contributed by atoms with van der Waals surface area (Å²) in [6.07, 6.45) is 0.357. The topological polar surface area (TPSA) is 63.6 Å². The molecule has 0 bridgehead atoms. The Morgan fingerprint density at radius 2 is 2.46 bits per heavy atom. The molecule has 4 nitrogen and oxygen atoms in total. The molecule has 0 radical (unpaired) electrons. The summed E-state index contributed by atoms with van der Waals surface area (Å²) in [6, 6.07) is 0. The van der Waals surface area contributed by atoms with E-state index in [0.29, 0.717) is 18.8 Å². The van der Waals surface area contributed by atoms with Crippen LogP contribution >= 0.6 is 11.8 Å². The van der Waals surface area contributed by atoms with Crippen molar-refractivity contribution >= 4 is 23.7 Å². The van der Waals surface area contributed by atoms with Gasteiger partial charge >= 0.3 is 11.9 Å². The first kappa shape index (κ1) is 10.4. The SMILES string of the molecule is CCC1(CC(=O)O)SCCOC1=O. The van der Waals surface area contributed by atoms with Crippen LogP contribution in [0, 0.1) is 0 Å². The van der Waals surface area contributed by atoms with E-state index in [1.54, 1.807) is 0 Å². The molecule has 0 aromatic rings. The zero-order valence-corrected chi connectivity index (χ0v) is 8.23. The lowest BCUT2D eigenvalue weighted by atomic mass is 10.0. The third-order valence-electron chi connectivity index (χ3n) is 2.07. The number of hydrogen-bond acceptors (Lipinski definition) is 4. The van der Waals surface area contributed by atoms with Crippen molar-refractivity contribution < 1.29 is 19.4 Å². The summed E-state index contributed by atoms with van der Waals surface area (Å²) < 4.78 is 4.02. The molecule has 13 heavy (non-hydrogen) atoms. The molecular weight excluding hydrogens is 192 g/mol. The summed E-state index contributed by atoms with van der Waals surface area (Å²) >= 11 is 1.39. The lowest BCUT2D eigenvalue weighted by molar-refractivity contribution is -0.151. The van der Waals surface area contributed by atoms with Crippen LogP contribution in [0.1, 0.15) is 19.8 Å². The van der Waals surface area contributed by atoms with Crippen molar-refractivity contribution in [1.29, 1.82) is 0 Å². The van der Waals surface area contributed by atoms with Gasteiger partial charge in [0.2, 0.25) is 0 Å². The van der Waals surface area contributed by atoms with Gasteiger partial charge in [-0.2, -0.15) is 0 Å². The third kappa shape index (κ3) is 2.15. The number of cyclic esters (lactones) is 1. The Balaban J connectivity index is 2.76. The Labute approximate surface area is 80.6 Å². The van der Waals surface area contributed by atoms with E-state index < -0.39 is 10.7 Å². The number of esters is 1. The predicted octanol–water partition coefficient (Wildman–Crippen LogP) is 0.900. The monoisotopic (exact) mass is 204 g/mol. The highest BCUT2D eigenvalue weighted by Crippen LogP contribution is 2.36. The van der Waals surface area contributed by atoms with E-state index in [0.717, 1.165) is 0 Å². The fourth-order valence-electron chi connectivity index (χ4n) is 1.30. The third-order valence-corrected chi connectivity index (χ3v) is 3.60. The van der Waals surface area contributed by atoms with Gasteiger partial charge in [-0.05, 0) is 6.42 Å². The number of carbonyl (C=O) groups is 2. The number of carbonyl (C=O) groups excluding carboxylic acids is 1. The van der Waals surface area contributed by atoms with Gasteiger partial charge in [0.15, 0.2) is 0 Å². The van der Waals surface area contributed by atoms with Gasteiger partial charge in [0, 0.05) is 5.75 Å². The lowest BCUT2D eigenvalue weighted by Crippen LogP contribution is -2.42. The minimum Gasteiger partial charge on any atom is -0.481 e. The molecular formula is C8H12O4S. The minimum atomic E-state index is -0.951. The molecule has 0 aromatic heterocycles. The van der Waals surface area contributed by atoms with Gasteiger partial charge in [-0.3, -0.25) is 9.59 Å². The van der Waals surface area contributed by atoms with Crippen molar-refractivity contribution in [3.8, 4) is 0 Å². The van der Waals surface area contributed by atoms with Gasteiger partial charge in [0.1, 0.15) is 11.4 Å². The summed E-state index contributed by atoms with van der Waals surface area (Å²) in [5.41, 5.74) is 0. The van der Waals surface area contributed by atoms with Gasteiger partial charge < -0.3 is 9.84 Å². The fourth-order valence-corrected chi connectivity index (χ4v) is 2.46. The lowest BCUT2D eigenvalue weighted by Gasteiger charge is -2.31. The molecule has 1 atom stereocenters. The Morgan fingerprint density at radius 3 is 2.92 bits per heavy atom. The maximum atomic E-state index is 11.4. The molecule has 1 unspecified atom stereocenters. The van der Waals surface area contributed by atoms with E-state index in [4.69, 9.17) is 9.84 Å². The molecule has 1 saturated heterocycles. The molecule has 1 heterocycles. The Morgan fingerprint density at radius 1 is 1.77 bits per heavy atom. The Bertz CT molecular complexity index is 228. The molecule has 0 aliphatic carbocycles. The number of thioether (sulfide) groups is 1. The van der Waals surface area contributed by atoms with Crippen LogP contribution in [0.2, 0.25) is 0 Å². The van der Waals surface area contributed by atoms with Crippen LogP contribution in [0.5, 0.6) is 0 Å². The first-order valence-corrected chi connectivity index (χ1v) is 5.12. The zero-order valence-electron chi connectivity index (χ0n) is 7.41. The summed E-state index contributed by atoms with van der Waals surface area (Å²) in [6.45, 7) is 2.20. The second-order valence-electron chi connectivity index (χ2n) is 2.90. The Hall–Kier alpha value is -0.710. The molecule has 0 aromatic carbocycles. The average Bonchev–Trinajstić information content (AvgIpc) is 2.08. The van der Waals surface area contributed by atoms with Gasteiger partial charge in [0.25, 0.3) is 0 Å². The molecule has 1 aliphatic heterocycles. The number of carboxylic acids is 1. The van der Waals surface area contributed by atoms with E-state index in [9.17, 15) is 9.59 Å². The molecule has 1 aliphatic rings. The highest BCUT2D eigenvalue weighted by atomic mass is 32.2. The van der Waals surface area contributed by atoms with Crippen molar-refractivity contribution in [2.45, 2.75) is 24.5 Å². The van der Waals surface area contributed by atoms with Crippen LogP contribution in [0.15, 0.2) is 0 Å². The molecule has 0 saturated carbocycles. The highest BCUT2D eigenvalue weighted by Gasteiger charge is 2.43. The van der Waals surface area contributed by atoms with Gasteiger partial charge in [-0.1, -0.05) is 6.92 Å². The van der Waals surface area contributed by atoms with Crippen LogP contribution in [-0.2, 0) is 14.3 Å². The van der Waals surface area contributed by atoms with Crippen LogP contribution < -0.4 is 0 Å². The second kappa shape index (κ2) is 4.00. The maximum Gasteiger partial charge on any atom is 0.322 e. The van der Waals surface area contributed by atoms with E-state index >= 15 is 0 Å². The number of carboxylic acid groups (broad SMARTS) is 1. The van der Waals surface area contributed by atoms with E-state index in [1.165, 1.54) is 11.8 Å². The fraction of sp³-hybridized carbons (Fsp3) is 0.750. The average molecular weight is 204 g/mol. The largest absolute Gasteiger partial charge is 0.481 e. The van der Waals surface area contributed by atoms with Gasteiger partial charge in [-0.25, -0.2) is 0 Å². The quantitative estimate of drug-likeness (QED) is 0.692.